The van der Waals surface area contributed by atoms with E-state index in [1.54, 1.807) is 6.20 Å². The Labute approximate surface area is 108 Å². The largest absolute Gasteiger partial charge is 0.328 e. The highest BCUT2D eigenvalue weighted by molar-refractivity contribution is 5.48. The van der Waals surface area contributed by atoms with Gasteiger partial charge in [0.15, 0.2) is 5.82 Å². The third-order valence-electron chi connectivity index (χ3n) is 3.16. The van der Waals surface area contributed by atoms with E-state index in [9.17, 15) is 0 Å². The van der Waals surface area contributed by atoms with Gasteiger partial charge in [-0.25, -0.2) is 4.98 Å². The van der Waals surface area contributed by atoms with Crippen molar-refractivity contribution in [3.05, 3.63) is 36.8 Å². The molecule has 0 spiro atoms. The van der Waals surface area contributed by atoms with Crippen LogP contribution in [0.2, 0.25) is 0 Å². The van der Waals surface area contributed by atoms with Crippen molar-refractivity contribution >= 4 is 0 Å². The Hall–Kier alpha value is -1.68. The van der Waals surface area contributed by atoms with Crippen LogP contribution in [0.4, 0.5) is 0 Å². The summed E-state index contributed by atoms with van der Waals surface area (Å²) < 4.78 is 2.17. The number of likely N-dealkylation sites (N-methyl/N-ethyl adjacent to an activating group) is 1. The van der Waals surface area contributed by atoms with Gasteiger partial charge in [0.25, 0.3) is 0 Å². The lowest BCUT2D eigenvalue weighted by atomic mass is 10.3. The van der Waals surface area contributed by atoms with Crippen molar-refractivity contribution in [3.8, 4) is 11.5 Å². The minimum absolute atomic E-state index is 0.932. The van der Waals surface area contributed by atoms with E-state index in [0.29, 0.717) is 0 Å². The van der Waals surface area contributed by atoms with E-state index in [0.717, 1.165) is 37.7 Å². The van der Waals surface area contributed by atoms with Gasteiger partial charge in [-0.05, 0) is 25.2 Å². The van der Waals surface area contributed by atoms with E-state index < -0.39 is 0 Å². The molecule has 2 aromatic rings. The van der Waals surface area contributed by atoms with E-state index >= 15 is 0 Å². The molecule has 0 unspecified atom stereocenters. The van der Waals surface area contributed by atoms with Gasteiger partial charge in [0.2, 0.25) is 0 Å². The molecule has 2 rings (SSSR count). The third-order valence-corrected chi connectivity index (χ3v) is 3.16. The van der Waals surface area contributed by atoms with Crippen LogP contribution in [0.3, 0.4) is 0 Å². The van der Waals surface area contributed by atoms with Crippen LogP contribution in [0, 0.1) is 0 Å². The van der Waals surface area contributed by atoms with Gasteiger partial charge < -0.3 is 9.47 Å². The van der Waals surface area contributed by atoms with Crippen molar-refractivity contribution in [1.29, 1.82) is 0 Å². The number of pyridine rings is 1. The molecule has 18 heavy (non-hydrogen) atoms. The second-order valence-corrected chi connectivity index (χ2v) is 4.19. The molecule has 0 aliphatic heterocycles. The predicted molar refractivity (Wildman–Crippen MR) is 73.2 cm³/mol. The van der Waals surface area contributed by atoms with Crippen molar-refractivity contribution in [2.45, 2.75) is 20.4 Å². The van der Waals surface area contributed by atoms with Gasteiger partial charge in [0.05, 0.1) is 0 Å². The third kappa shape index (κ3) is 2.96. The highest BCUT2D eigenvalue weighted by atomic mass is 15.2. The fourth-order valence-corrected chi connectivity index (χ4v) is 2.01. The summed E-state index contributed by atoms with van der Waals surface area (Å²) in [5.41, 5.74) is 0.932. The van der Waals surface area contributed by atoms with Crippen molar-refractivity contribution in [3.63, 3.8) is 0 Å². The summed E-state index contributed by atoms with van der Waals surface area (Å²) in [6.07, 6.45) is 5.67. The number of nitrogens with zero attached hydrogens (tertiary/aromatic N) is 4. The average Bonchev–Trinajstić information content (AvgIpc) is 2.89. The minimum Gasteiger partial charge on any atom is -0.328 e. The molecule has 0 aliphatic carbocycles. The molecule has 0 N–H and O–H groups in total. The van der Waals surface area contributed by atoms with Gasteiger partial charge in [-0.3, -0.25) is 4.98 Å². The topological polar surface area (TPSA) is 34.0 Å². The summed E-state index contributed by atoms with van der Waals surface area (Å²) in [6.45, 7) is 8.55. The molecule has 0 amide bonds. The first kappa shape index (κ1) is 12.8. The van der Waals surface area contributed by atoms with Crippen LogP contribution in [-0.2, 0) is 6.54 Å². The molecule has 0 aromatic carbocycles. The molecule has 0 atom stereocenters. The van der Waals surface area contributed by atoms with Crippen molar-refractivity contribution in [1.82, 2.24) is 19.4 Å². The standard InChI is InChI=1S/C14H20N4/c1-3-17(4-2)11-12-18-10-9-16-14(18)13-7-5-6-8-15-13/h5-10H,3-4,11-12H2,1-2H3. The smallest absolute Gasteiger partial charge is 0.158 e. The highest BCUT2D eigenvalue weighted by Crippen LogP contribution is 2.13. The zero-order valence-electron chi connectivity index (χ0n) is 11.1. The van der Waals surface area contributed by atoms with Crippen LogP contribution in [-0.4, -0.2) is 39.1 Å². The van der Waals surface area contributed by atoms with Crippen LogP contribution in [0.1, 0.15) is 13.8 Å². The highest BCUT2D eigenvalue weighted by Gasteiger charge is 2.07. The monoisotopic (exact) mass is 244 g/mol. The lowest BCUT2D eigenvalue weighted by Crippen LogP contribution is -2.27. The maximum absolute atomic E-state index is 4.40. The van der Waals surface area contributed by atoms with E-state index in [1.807, 2.05) is 30.6 Å². The zero-order chi connectivity index (χ0) is 12.8. The average molecular weight is 244 g/mol. The van der Waals surface area contributed by atoms with Crippen LogP contribution >= 0.6 is 0 Å². The first-order valence-corrected chi connectivity index (χ1v) is 6.50. The van der Waals surface area contributed by atoms with Crippen LogP contribution in [0.15, 0.2) is 36.8 Å². The Morgan fingerprint density at radius 1 is 1.11 bits per heavy atom. The van der Waals surface area contributed by atoms with Gasteiger partial charge in [0, 0.05) is 31.7 Å². The van der Waals surface area contributed by atoms with Crippen molar-refractivity contribution in [2.75, 3.05) is 19.6 Å². The molecule has 2 heterocycles. The minimum atomic E-state index is 0.932. The van der Waals surface area contributed by atoms with Crippen molar-refractivity contribution < 1.29 is 0 Å². The molecule has 4 nitrogen and oxygen atoms in total. The number of rotatable bonds is 6. The second kappa shape index (κ2) is 6.31. The van der Waals surface area contributed by atoms with Crippen LogP contribution in [0.5, 0.6) is 0 Å². The maximum Gasteiger partial charge on any atom is 0.158 e. The number of imidazole rings is 1. The molecular formula is C14H20N4. The second-order valence-electron chi connectivity index (χ2n) is 4.19. The molecule has 0 saturated carbocycles. The summed E-state index contributed by atoms with van der Waals surface area (Å²) >= 11 is 0. The molecule has 0 aliphatic rings. The van der Waals surface area contributed by atoms with Crippen LogP contribution in [0.25, 0.3) is 11.5 Å². The van der Waals surface area contributed by atoms with E-state index in [4.69, 9.17) is 0 Å². The van der Waals surface area contributed by atoms with E-state index in [2.05, 4.69) is 33.3 Å². The first-order chi connectivity index (χ1) is 8.85. The Balaban J connectivity index is 2.09. The Bertz CT molecular complexity index is 460. The Kier molecular flexibility index (Phi) is 4.47. The lowest BCUT2D eigenvalue weighted by Gasteiger charge is -2.18. The number of hydrogen-bond acceptors (Lipinski definition) is 3. The van der Waals surface area contributed by atoms with E-state index in [1.165, 1.54) is 0 Å². The normalized spacial score (nSPS) is 11.1. The summed E-state index contributed by atoms with van der Waals surface area (Å²) in [5.74, 6) is 0.947. The fourth-order valence-electron chi connectivity index (χ4n) is 2.01. The molecular weight excluding hydrogens is 224 g/mol. The zero-order valence-corrected chi connectivity index (χ0v) is 11.1. The van der Waals surface area contributed by atoms with Crippen LogP contribution < -0.4 is 0 Å². The first-order valence-electron chi connectivity index (χ1n) is 6.50. The molecule has 0 fully saturated rings. The Morgan fingerprint density at radius 2 is 1.94 bits per heavy atom. The summed E-state index contributed by atoms with van der Waals surface area (Å²) in [7, 11) is 0. The van der Waals surface area contributed by atoms with Gasteiger partial charge in [0.1, 0.15) is 5.69 Å². The fraction of sp³-hybridized carbons (Fsp3) is 0.429. The summed E-state index contributed by atoms with van der Waals surface area (Å²) in [6, 6.07) is 5.91. The van der Waals surface area contributed by atoms with Crippen molar-refractivity contribution in [2.24, 2.45) is 0 Å². The summed E-state index contributed by atoms with van der Waals surface area (Å²) in [4.78, 5) is 11.2. The molecule has 0 radical (unpaired) electrons. The van der Waals surface area contributed by atoms with Gasteiger partial charge in [-0.15, -0.1) is 0 Å². The molecule has 0 bridgehead atoms. The maximum atomic E-state index is 4.40. The lowest BCUT2D eigenvalue weighted by molar-refractivity contribution is 0.291. The molecule has 4 heteroatoms. The number of aromatic nitrogens is 3. The molecule has 96 valence electrons. The molecule has 0 saturated heterocycles. The SMILES string of the molecule is CCN(CC)CCn1ccnc1-c1ccccn1. The Morgan fingerprint density at radius 3 is 2.61 bits per heavy atom. The van der Waals surface area contributed by atoms with Gasteiger partial charge in [-0.2, -0.15) is 0 Å². The summed E-state index contributed by atoms with van der Waals surface area (Å²) in [5, 5.41) is 0. The van der Waals surface area contributed by atoms with Gasteiger partial charge in [-0.1, -0.05) is 19.9 Å². The quantitative estimate of drug-likeness (QED) is 0.782. The predicted octanol–water partition coefficient (Wildman–Crippen LogP) is 2.29. The molecule has 2 aromatic heterocycles. The number of hydrogen-bond donors (Lipinski definition) is 0. The van der Waals surface area contributed by atoms with Gasteiger partial charge >= 0.3 is 0 Å². The van der Waals surface area contributed by atoms with E-state index in [-0.39, 0.29) is 0 Å².